The summed E-state index contributed by atoms with van der Waals surface area (Å²) in [7, 11) is 0. The van der Waals surface area contributed by atoms with E-state index in [9.17, 15) is 10.1 Å². The molecule has 0 aliphatic carbocycles. The van der Waals surface area contributed by atoms with Crippen molar-refractivity contribution >= 4 is 22.5 Å². The maximum atomic E-state index is 13.0. The first kappa shape index (κ1) is 21.9. The summed E-state index contributed by atoms with van der Waals surface area (Å²) < 4.78 is 0. The summed E-state index contributed by atoms with van der Waals surface area (Å²) in [6.45, 7) is 9.44. The van der Waals surface area contributed by atoms with E-state index in [2.05, 4.69) is 28.6 Å². The quantitative estimate of drug-likeness (QED) is 0.614. The summed E-state index contributed by atoms with van der Waals surface area (Å²) >= 11 is 1.44. The monoisotopic (exact) mass is 446 g/mol. The number of carbonyl (C=O) groups excluding carboxylic acids is 1. The lowest BCUT2D eigenvalue weighted by Crippen LogP contribution is -2.57. The van der Waals surface area contributed by atoms with Gasteiger partial charge in [0.2, 0.25) is 0 Å². The number of aryl methyl sites for hydroxylation is 2. The summed E-state index contributed by atoms with van der Waals surface area (Å²) in [5.41, 5.74) is 4.98. The number of nitrogens with one attached hydrogen (secondary N) is 2. The fourth-order valence-corrected chi connectivity index (χ4v) is 4.90. The minimum atomic E-state index is -0.148. The maximum Gasteiger partial charge on any atom is 0.323 e. The van der Waals surface area contributed by atoms with Crippen LogP contribution in [0.4, 0.5) is 9.93 Å². The average molecular weight is 447 g/mol. The molecule has 0 bridgehead atoms. The molecule has 4 rings (SSSR count). The Morgan fingerprint density at radius 1 is 1.19 bits per heavy atom. The lowest BCUT2D eigenvalue weighted by molar-refractivity contribution is 0.161. The van der Waals surface area contributed by atoms with Crippen molar-refractivity contribution in [2.45, 2.75) is 39.8 Å². The molecule has 2 aromatic heterocycles. The van der Waals surface area contributed by atoms with Crippen LogP contribution >= 0.6 is 11.3 Å². The summed E-state index contributed by atoms with van der Waals surface area (Å²) in [4.78, 5) is 25.1. The minimum Gasteiger partial charge on any atom is -0.319 e. The molecule has 1 aliphatic rings. The molecule has 0 radical (unpaired) electrons. The van der Waals surface area contributed by atoms with E-state index in [0.29, 0.717) is 17.2 Å². The molecule has 2 atom stereocenters. The number of piperazine rings is 1. The van der Waals surface area contributed by atoms with E-state index in [1.165, 1.54) is 11.3 Å². The lowest BCUT2D eigenvalue weighted by Gasteiger charge is -2.37. The number of aromatic nitrogens is 2. The number of nitriles is 1. The largest absolute Gasteiger partial charge is 0.323 e. The third kappa shape index (κ3) is 4.64. The first-order valence-electron chi connectivity index (χ1n) is 10.6. The Morgan fingerprint density at radius 3 is 2.66 bits per heavy atom. The van der Waals surface area contributed by atoms with Crippen LogP contribution < -0.4 is 10.6 Å². The number of pyridine rings is 1. The Hall–Kier alpha value is -3.28. The Morgan fingerprint density at radius 2 is 1.94 bits per heavy atom. The highest BCUT2D eigenvalue weighted by Gasteiger charge is 2.27. The SMILES string of the molecule is Cc1cc(-c2sc(NC(=O)N3C[C@H](C)NC[C@@H]3C)nc2-c2cccc(C#N)c2)cc(C)n1. The molecule has 32 heavy (non-hydrogen) atoms. The summed E-state index contributed by atoms with van der Waals surface area (Å²) in [5.74, 6) is 0. The second-order valence-electron chi connectivity index (χ2n) is 8.27. The van der Waals surface area contributed by atoms with E-state index in [4.69, 9.17) is 4.98 Å². The molecule has 1 fully saturated rings. The number of amides is 2. The van der Waals surface area contributed by atoms with Gasteiger partial charge in [0.15, 0.2) is 5.13 Å². The van der Waals surface area contributed by atoms with Crippen LogP contribution in [-0.2, 0) is 0 Å². The molecule has 1 aliphatic heterocycles. The van der Waals surface area contributed by atoms with Gasteiger partial charge in [-0.1, -0.05) is 23.5 Å². The predicted octanol–water partition coefficient (Wildman–Crippen LogP) is 4.57. The van der Waals surface area contributed by atoms with Crippen LogP contribution in [-0.4, -0.2) is 46.1 Å². The molecule has 3 heterocycles. The van der Waals surface area contributed by atoms with Crippen LogP contribution in [0.2, 0.25) is 0 Å². The third-order valence-electron chi connectivity index (χ3n) is 5.48. The Kier molecular flexibility index (Phi) is 6.21. The van der Waals surface area contributed by atoms with Crippen molar-refractivity contribution in [3.63, 3.8) is 0 Å². The molecule has 3 aromatic rings. The second-order valence-corrected chi connectivity index (χ2v) is 9.27. The van der Waals surface area contributed by atoms with Gasteiger partial charge >= 0.3 is 6.03 Å². The van der Waals surface area contributed by atoms with Crippen LogP contribution in [0.3, 0.4) is 0 Å². The van der Waals surface area contributed by atoms with Crippen molar-refractivity contribution in [3.8, 4) is 27.8 Å². The van der Waals surface area contributed by atoms with Gasteiger partial charge in [0, 0.05) is 42.1 Å². The normalized spacial score (nSPS) is 18.3. The van der Waals surface area contributed by atoms with Gasteiger partial charge in [-0.15, -0.1) is 0 Å². The first-order chi connectivity index (χ1) is 15.3. The maximum absolute atomic E-state index is 13.0. The van der Waals surface area contributed by atoms with Gasteiger partial charge in [-0.25, -0.2) is 9.78 Å². The molecule has 0 unspecified atom stereocenters. The van der Waals surface area contributed by atoms with E-state index in [1.54, 1.807) is 6.07 Å². The van der Waals surface area contributed by atoms with Gasteiger partial charge in [0.25, 0.3) is 0 Å². The summed E-state index contributed by atoms with van der Waals surface area (Å²) in [5, 5.41) is 16.3. The molecule has 1 saturated heterocycles. The molecule has 7 nitrogen and oxygen atoms in total. The van der Waals surface area contributed by atoms with Gasteiger partial charge in [-0.3, -0.25) is 10.3 Å². The van der Waals surface area contributed by atoms with Crippen LogP contribution in [0, 0.1) is 25.2 Å². The number of nitrogens with zero attached hydrogens (tertiary/aromatic N) is 4. The molecule has 2 N–H and O–H groups in total. The van der Waals surface area contributed by atoms with Gasteiger partial charge in [0.1, 0.15) is 0 Å². The molecular formula is C24H26N6OS. The Labute approximate surface area is 192 Å². The number of hydrogen-bond donors (Lipinski definition) is 2. The van der Waals surface area contributed by atoms with E-state index >= 15 is 0 Å². The fraction of sp³-hybridized carbons (Fsp3) is 0.333. The highest BCUT2D eigenvalue weighted by atomic mass is 32.1. The average Bonchev–Trinajstić information content (AvgIpc) is 3.18. The molecule has 164 valence electrons. The minimum absolute atomic E-state index is 0.0999. The van der Waals surface area contributed by atoms with E-state index in [1.807, 2.05) is 56.0 Å². The molecule has 0 saturated carbocycles. The summed E-state index contributed by atoms with van der Waals surface area (Å²) in [6.07, 6.45) is 0. The van der Waals surface area contributed by atoms with Crippen molar-refractivity contribution in [3.05, 3.63) is 53.3 Å². The number of hydrogen-bond acceptors (Lipinski definition) is 6. The van der Waals surface area contributed by atoms with E-state index in [-0.39, 0.29) is 18.1 Å². The zero-order chi connectivity index (χ0) is 22.8. The van der Waals surface area contributed by atoms with Crippen LogP contribution in [0.25, 0.3) is 21.7 Å². The Balaban J connectivity index is 1.73. The molecule has 0 spiro atoms. The predicted molar refractivity (Wildman–Crippen MR) is 128 cm³/mol. The van der Waals surface area contributed by atoms with E-state index < -0.39 is 0 Å². The first-order valence-corrected chi connectivity index (χ1v) is 11.4. The lowest BCUT2D eigenvalue weighted by atomic mass is 10.0. The topological polar surface area (TPSA) is 93.9 Å². The van der Waals surface area contributed by atoms with Crippen molar-refractivity contribution < 1.29 is 4.79 Å². The molecule has 8 heteroatoms. The number of urea groups is 1. The highest BCUT2D eigenvalue weighted by Crippen LogP contribution is 2.39. The van der Waals surface area contributed by atoms with Crippen LogP contribution in [0.1, 0.15) is 30.8 Å². The Bertz CT molecular complexity index is 1180. The van der Waals surface area contributed by atoms with E-state index in [0.717, 1.165) is 39.6 Å². The number of benzene rings is 1. The zero-order valence-electron chi connectivity index (χ0n) is 18.6. The van der Waals surface area contributed by atoms with Crippen molar-refractivity contribution in [1.29, 1.82) is 5.26 Å². The van der Waals surface area contributed by atoms with Crippen molar-refractivity contribution in [2.75, 3.05) is 18.4 Å². The number of carbonyl (C=O) groups is 1. The molecule has 1 aromatic carbocycles. The third-order valence-corrected chi connectivity index (χ3v) is 6.49. The van der Waals surface area contributed by atoms with Crippen molar-refractivity contribution in [1.82, 2.24) is 20.2 Å². The van der Waals surface area contributed by atoms with Gasteiger partial charge in [0.05, 0.1) is 22.2 Å². The smallest absolute Gasteiger partial charge is 0.319 e. The van der Waals surface area contributed by atoms with Crippen LogP contribution in [0.15, 0.2) is 36.4 Å². The number of anilines is 1. The number of thiazole rings is 1. The standard InChI is InChI=1S/C24H26N6OS/c1-14-8-20(9-15(2)27-14)22-21(19-7-5-6-18(10-19)11-25)28-23(32-22)29-24(31)30-13-16(3)26-12-17(30)4/h5-10,16-17,26H,12-13H2,1-4H3,(H,28,29,31)/t16-,17-/m0/s1. The van der Waals surface area contributed by atoms with Gasteiger partial charge < -0.3 is 10.2 Å². The molecular weight excluding hydrogens is 420 g/mol. The fourth-order valence-electron chi connectivity index (χ4n) is 3.93. The van der Waals surface area contributed by atoms with Gasteiger partial charge in [-0.05, 0) is 57.5 Å². The zero-order valence-corrected chi connectivity index (χ0v) is 19.5. The number of rotatable bonds is 3. The highest BCUT2D eigenvalue weighted by molar-refractivity contribution is 7.19. The second kappa shape index (κ2) is 9.07. The van der Waals surface area contributed by atoms with Crippen LogP contribution in [0.5, 0.6) is 0 Å². The molecule has 2 amide bonds. The van der Waals surface area contributed by atoms with Crippen molar-refractivity contribution in [2.24, 2.45) is 0 Å². The van der Waals surface area contributed by atoms with Gasteiger partial charge in [-0.2, -0.15) is 5.26 Å². The summed E-state index contributed by atoms with van der Waals surface area (Å²) in [6, 6.07) is 13.8.